The molecule has 1 aliphatic rings. The van der Waals surface area contributed by atoms with Gasteiger partial charge in [0.05, 0.1) is 25.0 Å². The fourth-order valence-electron chi connectivity index (χ4n) is 1.96. The van der Waals surface area contributed by atoms with E-state index in [1.807, 2.05) is 16.8 Å². The molecule has 2 heterocycles. The van der Waals surface area contributed by atoms with Crippen molar-refractivity contribution >= 4 is 17.4 Å². The van der Waals surface area contributed by atoms with E-state index in [9.17, 15) is 4.79 Å². The number of ether oxygens (including phenoxy) is 1. The molecule has 1 amide bonds. The van der Waals surface area contributed by atoms with Crippen molar-refractivity contribution in [2.45, 2.75) is 25.8 Å². The molecule has 106 valence electrons. The van der Waals surface area contributed by atoms with Gasteiger partial charge in [0.15, 0.2) is 0 Å². The number of nitrogens with one attached hydrogen (secondary N) is 1. The van der Waals surface area contributed by atoms with Gasteiger partial charge in [0.2, 0.25) is 0 Å². The number of amides is 1. The molecule has 0 aromatic carbocycles. The molecule has 0 radical (unpaired) electrons. The molecule has 0 saturated heterocycles. The van der Waals surface area contributed by atoms with Crippen LogP contribution in [-0.2, 0) is 11.3 Å². The molecule has 1 saturated carbocycles. The van der Waals surface area contributed by atoms with Gasteiger partial charge in [-0.2, -0.15) is 11.3 Å². The molecule has 0 unspecified atom stereocenters. The Morgan fingerprint density at radius 1 is 1.55 bits per heavy atom. The van der Waals surface area contributed by atoms with Crippen LogP contribution >= 0.6 is 11.3 Å². The van der Waals surface area contributed by atoms with Crippen LogP contribution in [0.2, 0.25) is 0 Å². The summed E-state index contributed by atoms with van der Waals surface area (Å²) < 4.78 is 6.83. The van der Waals surface area contributed by atoms with Gasteiger partial charge < -0.3 is 10.1 Å². The van der Waals surface area contributed by atoms with Gasteiger partial charge in [-0.15, -0.1) is 5.10 Å². The Kier molecular flexibility index (Phi) is 3.96. The Balaban J connectivity index is 1.44. The second-order valence-corrected chi connectivity index (χ2v) is 5.66. The van der Waals surface area contributed by atoms with E-state index in [1.54, 1.807) is 22.2 Å². The molecule has 0 spiro atoms. The summed E-state index contributed by atoms with van der Waals surface area (Å²) in [5, 5.41) is 14.7. The van der Waals surface area contributed by atoms with Crippen molar-refractivity contribution in [3.05, 3.63) is 28.7 Å². The van der Waals surface area contributed by atoms with Crippen LogP contribution in [-0.4, -0.2) is 27.7 Å². The van der Waals surface area contributed by atoms with E-state index in [1.165, 1.54) is 19.3 Å². The molecule has 1 N–H and O–H groups in total. The average Bonchev–Trinajstić information content (AvgIpc) is 3.05. The number of aromatic nitrogens is 3. The Bertz CT molecular complexity index is 563. The van der Waals surface area contributed by atoms with Crippen molar-refractivity contribution in [2.24, 2.45) is 5.92 Å². The van der Waals surface area contributed by atoms with Crippen molar-refractivity contribution in [3.63, 3.8) is 0 Å². The molecule has 0 aliphatic heterocycles. The van der Waals surface area contributed by atoms with Gasteiger partial charge in [0.1, 0.15) is 5.69 Å². The summed E-state index contributed by atoms with van der Waals surface area (Å²) in [6, 6.07) is 1.96. The molecule has 20 heavy (non-hydrogen) atoms. The standard InChI is InChI=1S/C13H16N4O2S/c18-13(19-8-10-2-1-3-10)14-6-11-7-17(16-15-11)12-4-5-20-9-12/h4-5,7,9-10H,1-3,6,8H2,(H,14,18). The Morgan fingerprint density at radius 3 is 3.15 bits per heavy atom. The summed E-state index contributed by atoms with van der Waals surface area (Å²) in [7, 11) is 0. The highest BCUT2D eigenvalue weighted by Gasteiger charge is 2.19. The first-order valence-electron chi connectivity index (χ1n) is 6.65. The zero-order valence-electron chi connectivity index (χ0n) is 11.0. The van der Waals surface area contributed by atoms with Crippen LogP contribution < -0.4 is 5.32 Å². The van der Waals surface area contributed by atoms with Crippen LogP contribution in [0.4, 0.5) is 4.79 Å². The molecule has 3 rings (SSSR count). The first-order chi connectivity index (χ1) is 9.81. The van der Waals surface area contributed by atoms with Crippen LogP contribution in [0.25, 0.3) is 5.69 Å². The average molecular weight is 292 g/mol. The highest BCUT2D eigenvalue weighted by molar-refractivity contribution is 7.08. The van der Waals surface area contributed by atoms with Gasteiger partial charge in [0.25, 0.3) is 0 Å². The van der Waals surface area contributed by atoms with Crippen molar-refractivity contribution in [3.8, 4) is 5.69 Å². The lowest BCUT2D eigenvalue weighted by molar-refractivity contribution is 0.103. The quantitative estimate of drug-likeness (QED) is 0.918. The van der Waals surface area contributed by atoms with E-state index in [0.29, 0.717) is 24.8 Å². The molecule has 7 heteroatoms. The van der Waals surface area contributed by atoms with Crippen molar-refractivity contribution in [2.75, 3.05) is 6.61 Å². The SMILES string of the molecule is O=C(NCc1cn(-c2ccsc2)nn1)OCC1CCC1. The second-order valence-electron chi connectivity index (χ2n) is 4.88. The number of nitrogens with zero attached hydrogens (tertiary/aromatic N) is 3. The highest BCUT2D eigenvalue weighted by atomic mass is 32.1. The molecule has 2 aromatic rings. The third kappa shape index (κ3) is 3.16. The molecular weight excluding hydrogens is 276 g/mol. The number of carbonyl (C=O) groups is 1. The maximum Gasteiger partial charge on any atom is 0.407 e. The topological polar surface area (TPSA) is 69.0 Å². The van der Waals surface area contributed by atoms with E-state index in [-0.39, 0.29) is 6.09 Å². The molecule has 2 aromatic heterocycles. The van der Waals surface area contributed by atoms with Gasteiger partial charge in [-0.1, -0.05) is 11.6 Å². The summed E-state index contributed by atoms with van der Waals surface area (Å²) in [5.74, 6) is 0.556. The van der Waals surface area contributed by atoms with Crippen LogP contribution in [0, 0.1) is 5.92 Å². The van der Waals surface area contributed by atoms with Crippen molar-refractivity contribution < 1.29 is 9.53 Å². The lowest BCUT2D eigenvalue weighted by Gasteiger charge is -2.24. The zero-order chi connectivity index (χ0) is 13.8. The van der Waals surface area contributed by atoms with Crippen LogP contribution in [0.1, 0.15) is 25.0 Å². The fourth-order valence-corrected chi connectivity index (χ4v) is 2.58. The van der Waals surface area contributed by atoms with Crippen LogP contribution in [0.5, 0.6) is 0 Å². The number of hydrogen-bond acceptors (Lipinski definition) is 5. The number of hydrogen-bond donors (Lipinski definition) is 1. The van der Waals surface area contributed by atoms with Gasteiger partial charge >= 0.3 is 6.09 Å². The number of rotatable bonds is 5. The van der Waals surface area contributed by atoms with Gasteiger partial charge in [-0.05, 0) is 30.2 Å². The predicted octanol–water partition coefficient (Wildman–Crippen LogP) is 2.36. The monoisotopic (exact) mass is 292 g/mol. The highest BCUT2D eigenvalue weighted by Crippen LogP contribution is 2.26. The first-order valence-corrected chi connectivity index (χ1v) is 7.60. The van der Waals surface area contributed by atoms with E-state index >= 15 is 0 Å². The lowest BCUT2D eigenvalue weighted by Crippen LogP contribution is -2.28. The maximum absolute atomic E-state index is 11.5. The number of thiophene rings is 1. The van der Waals surface area contributed by atoms with E-state index in [2.05, 4.69) is 15.6 Å². The van der Waals surface area contributed by atoms with Crippen LogP contribution in [0.15, 0.2) is 23.0 Å². The summed E-state index contributed by atoms with van der Waals surface area (Å²) >= 11 is 1.60. The van der Waals surface area contributed by atoms with E-state index in [4.69, 9.17) is 4.74 Å². The minimum absolute atomic E-state index is 0.327. The molecular formula is C13H16N4O2S. The van der Waals surface area contributed by atoms with Crippen molar-refractivity contribution in [1.82, 2.24) is 20.3 Å². The first kappa shape index (κ1) is 13.1. The largest absolute Gasteiger partial charge is 0.449 e. The Labute approximate surface area is 120 Å². The second kappa shape index (κ2) is 6.04. The lowest BCUT2D eigenvalue weighted by atomic mass is 9.86. The Morgan fingerprint density at radius 2 is 2.45 bits per heavy atom. The fraction of sp³-hybridized carbons (Fsp3) is 0.462. The van der Waals surface area contributed by atoms with Crippen molar-refractivity contribution in [1.29, 1.82) is 0 Å². The third-order valence-corrected chi connectivity index (χ3v) is 4.07. The zero-order valence-corrected chi connectivity index (χ0v) is 11.8. The molecule has 0 atom stereocenters. The number of carbonyl (C=O) groups excluding carboxylic acids is 1. The maximum atomic E-state index is 11.5. The third-order valence-electron chi connectivity index (χ3n) is 3.40. The van der Waals surface area contributed by atoms with Gasteiger partial charge in [0, 0.05) is 5.38 Å². The summed E-state index contributed by atoms with van der Waals surface area (Å²) in [6.45, 7) is 0.848. The Hall–Kier alpha value is -1.89. The van der Waals surface area contributed by atoms with Crippen LogP contribution in [0.3, 0.4) is 0 Å². The molecule has 1 fully saturated rings. The van der Waals surface area contributed by atoms with Gasteiger partial charge in [-0.3, -0.25) is 0 Å². The minimum atomic E-state index is -0.387. The molecule has 0 bridgehead atoms. The smallest absolute Gasteiger partial charge is 0.407 e. The van der Waals surface area contributed by atoms with E-state index in [0.717, 1.165) is 5.69 Å². The predicted molar refractivity (Wildman–Crippen MR) is 74.8 cm³/mol. The summed E-state index contributed by atoms with van der Waals surface area (Å²) in [4.78, 5) is 11.5. The minimum Gasteiger partial charge on any atom is -0.449 e. The van der Waals surface area contributed by atoms with Gasteiger partial charge in [-0.25, -0.2) is 9.48 Å². The normalized spacial score (nSPS) is 14.8. The molecule has 1 aliphatic carbocycles. The summed E-state index contributed by atoms with van der Waals surface area (Å²) in [6.07, 6.45) is 5.00. The summed E-state index contributed by atoms with van der Waals surface area (Å²) in [5.41, 5.74) is 1.68. The van der Waals surface area contributed by atoms with E-state index < -0.39 is 0 Å². The molecule has 6 nitrogen and oxygen atoms in total. The number of alkyl carbamates (subject to hydrolysis) is 1.